The molecule has 0 radical (unpaired) electrons. The zero-order chi connectivity index (χ0) is 14.5. The van der Waals surface area contributed by atoms with Crippen LogP contribution >= 0.6 is 0 Å². The fourth-order valence-electron chi connectivity index (χ4n) is 2.30. The van der Waals surface area contributed by atoms with Gasteiger partial charge >= 0.3 is 0 Å². The van der Waals surface area contributed by atoms with Gasteiger partial charge in [-0.1, -0.05) is 6.07 Å². The Morgan fingerprint density at radius 3 is 2.70 bits per heavy atom. The van der Waals surface area contributed by atoms with E-state index in [-0.39, 0.29) is 18.1 Å². The summed E-state index contributed by atoms with van der Waals surface area (Å²) in [5, 5.41) is 2.97. The molecule has 1 fully saturated rings. The second kappa shape index (κ2) is 6.61. The molecule has 0 saturated carbocycles. The van der Waals surface area contributed by atoms with Gasteiger partial charge in [-0.05, 0) is 37.5 Å². The maximum absolute atomic E-state index is 12.0. The monoisotopic (exact) mass is 279 g/mol. The normalized spacial score (nSPS) is 19.4. The van der Waals surface area contributed by atoms with Crippen LogP contribution in [0.2, 0.25) is 0 Å². The molecule has 2 atom stereocenters. The topological polar surface area (TPSA) is 56.8 Å². The third kappa shape index (κ3) is 3.22. The molecule has 1 aromatic rings. The lowest BCUT2D eigenvalue weighted by atomic mass is 10.1. The molecule has 110 valence electrons. The van der Waals surface area contributed by atoms with Gasteiger partial charge in [0.2, 0.25) is 5.91 Å². The van der Waals surface area contributed by atoms with E-state index in [1.165, 1.54) is 0 Å². The minimum absolute atomic E-state index is 0.0511. The molecule has 0 aliphatic carbocycles. The first kappa shape index (κ1) is 14.7. The van der Waals surface area contributed by atoms with Crippen LogP contribution in [0.15, 0.2) is 18.2 Å². The predicted molar refractivity (Wildman–Crippen MR) is 75.1 cm³/mol. The molecule has 5 heteroatoms. The summed E-state index contributed by atoms with van der Waals surface area (Å²) in [6.07, 6.45) is 1.44. The maximum atomic E-state index is 12.0. The molecule has 0 unspecified atom stereocenters. The number of hydrogen-bond acceptors (Lipinski definition) is 4. The Hall–Kier alpha value is -1.75. The van der Waals surface area contributed by atoms with E-state index in [0.29, 0.717) is 18.1 Å². The van der Waals surface area contributed by atoms with Crippen LogP contribution in [0.1, 0.15) is 31.4 Å². The molecule has 1 heterocycles. The summed E-state index contributed by atoms with van der Waals surface area (Å²) in [5.41, 5.74) is 0.967. The van der Waals surface area contributed by atoms with Crippen LogP contribution in [0, 0.1) is 0 Å². The number of benzene rings is 1. The maximum Gasteiger partial charge on any atom is 0.249 e. The SMILES string of the molecule is COc1ccc([C@H](C)NC(=O)[C@H]2CCCO2)cc1OC. The fourth-order valence-corrected chi connectivity index (χ4v) is 2.30. The van der Waals surface area contributed by atoms with Crippen molar-refractivity contribution in [2.75, 3.05) is 20.8 Å². The fraction of sp³-hybridized carbons (Fsp3) is 0.533. The largest absolute Gasteiger partial charge is 0.493 e. The van der Waals surface area contributed by atoms with E-state index in [2.05, 4.69) is 5.32 Å². The highest BCUT2D eigenvalue weighted by atomic mass is 16.5. The Bertz CT molecular complexity index is 469. The van der Waals surface area contributed by atoms with E-state index in [9.17, 15) is 4.79 Å². The first-order valence-electron chi connectivity index (χ1n) is 6.79. The third-order valence-electron chi connectivity index (χ3n) is 3.49. The lowest BCUT2D eigenvalue weighted by Crippen LogP contribution is -2.35. The summed E-state index contributed by atoms with van der Waals surface area (Å²) in [6, 6.07) is 5.52. The van der Waals surface area contributed by atoms with Gasteiger partial charge in [0.25, 0.3) is 0 Å². The zero-order valence-corrected chi connectivity index (χ0v) is 12.1. The lowest BCUT2D eigenvalue weighted by molar-refractivity contribution is -0.130. The van der Waals surface area contributed by atoms with Crippen LogP contribution in [-0.2, 0) is 9.53 Å². The number of hydrogen-bond donors (Lipinski definition) is 1. The molecule has 1 aliphatic rings. The molecule has 20 heavy (non-hydrogen) atoms. The van der Waals surface area contributed by atoms with E-state index in [1.807, 2.05) is 25.1 Å². The van der Waals surface area contributed by atoms with E-state index in [1.54, 1.807) is 14.2 Å². The van der Waals surface area contributed by atoms with Crippen molar-refractivity contribution in [1.82, 2.24) is 5.32 Å². The average Bonchev–Trinajstić information content (AvgIpc) is 3.00. The van der Waals surface area contributed by atoms with Gasteiger partial charge in [-0.3, -0.25) is 4.79 Å². The van der Waals surface area contributed by atoms with Crippen molar-refractivity contribution in [1.29, 1.82) is 0 Å². The summed E-state index contributed by atoms with van der Waals surface area (Å²) in [6.45, 7) is 2.61. The second-order valence-corrected chi connectivity index (χ2v) is 4.85. The minimum Gasteiger partial charge on any atom is -0.493 e. The number of rotatable bonds is 5. The van der Waals surface area contributed by atoms with Crippen LogP contribution in [0.5, 0.6) is 11.5 Å². The van der Waals surface area contributed by atoms with Crippen LogP contribution in [0.4, 0.5) is 0 Å². The average molecular weight is 279 g/mol. The number of amides is 1. The summed E-state index contributed by atoms with van der Waals surface area (Å²) >= 11 is 0. The van der Waals surface area contributed by atoms with Crippen LogP contribution < -0.4 is 14.8 Å². The molecule has 0 spiro atoms. The first-order chi connectivity index (χ1) is 9.65. The Kier molecular flexibility index (Phi) is 4.84. The summed E-state index contributed by atoms with van der Waals surface area (Å²) in [5.74, 6) is 1.28. The van der Waals surface area contributed by atoms with Crippen molar-refractivity contribution in [3.8, 4) is 11.5 Å². The molecule has 1 aromatic carbocycles. The molecule has 1 N–H and O–H groups in total. The van der Waals surface area contributed by atoms with Gasteiger partial charge in [-0.15, -0.1) is 0 Å². The number of methoxy groups -OCH3 is 2. The lowest BCUT2D eigenvalue weighted by Gasteiger charge is -2.18. The molecule has 1 aliphatic heterocycles. The van der Waals surface area contributed by atoms with E-state index in [4.69, 9.17) is 14.2 Å². The Morgan fingerprint density at radius 2 is 2.10 bits per heavy atom. The predicted octanol–water partition coefficient (Wildman–Crippen LogP) is 2.06. The zero-order valence-electron chi connectivity index (χ0n) is 12.1. The number of ether oxygens (including phenoxy) is 3. The molecular formula is C15H21NO4. The van der Waals surface area contributed by atoms with Gasteiger partial charge in [0.1, 0.15) is 6.10 Å². The molecule has 2 rings (SSSR count). The standard InChI is InChI=1S/C15H21NO4/c1-10(16-15(17)13-5-4-8-20-13)11-6-7-12(18-2)14(9-11)19-3/h6-7,9-10,13H,4-5,8H2,1-3H3,(H,16,17)/t10-,13+/m0/s1. The van der Waals surface area contributed by atoms with E-state index in [0.717, 1.165) is 18.4 Å². The van der Waals surface area contributed by atoms with Crippen LogP contribution in [-0.4, -0.2) is 32.8 Å². The second-order valence-electron chi connectivity index (χ2n) is 4.85. The van der Waals surface area contributed by atoms with Crippen molar-refractivity contribution in [3.63, 3.8) is 0 Å². The molecule has 0 bridgehead atoms. The Morgan fingerprint density at radius 1 is 1.35 bits per heavy atom. The van der Waals surface area contributed by atoms with Crippen molar-refractivity contribution in [2.24, 2.45) is 0 Å². The molecular weight excluding hydrogens is 258 g/mol. The van der Waals surface area contributed by atoms with Crippen molar-refractivity contribution in [3.05, 3.63) is 23.8 Å². The highest BCUT2D eigenvalue weighted by molar-refractivity contribution is 5.81. The molecule has 1 amide bonds. The number of carbonyl (C=O) groups excluding carboxylic acids is 1. The van der Waals surface area contributed by atoms with Crippen molar-refractivity contribution >= 4 is 5.91 Å². The first-order valence-corrected chi connectivity index (χ1v) is 6.79. The summed E-state index contributed by atoms with van der Waals surface area (Å²) in [7, 11) is 3.19. The van der Waals surface area contributed by atoms with Gasteiger partial charge in [0.15, 0.2) is 11.5 Å². The highest BCUT2D eigenvalue weighted by Gasteiger charge is 2.25. The molecule has 1 saturated heterocycles. The van der Waals surface area contributed by atoms with Crippen LogP contribution in [0.3, 0.4) is 0 Å². The smallest absolute Gasteiger partial charge is 0.249 e. The van der Waals surface area contributed by atoms with Gasteiger partial charge in [0, 0.05) is 6.61 Å². The quantitative estimate of drug-likeness (QED) is 0.896. The van der Waals surface area contributed by atoms with E-state index < -0.39 is 0 Å². The van der Waals surface area contributed by atoms with Gasteiger partial charge in [0.05, 0.1) is 20.3 Å². The number of carbonyl (C=O) groups is 1. The minimum atomic E-state index is -0.308. The van der Waals surface area contributed by atoms with Crippen LogP contribution in [0.25, 0.3) is 0 Å². The molecule has 0 aromatic heterocycles. The van der Waals surface area contributed by atoms with E-state index >= 15 is 0 Å². The Balaban J connectivity index is 2.04. The third-order valence-corrected chi connectivity index (χ3v) is 3.49. The van der Waals surface area contributed by atoms with Gasteiger partial charge < -0.3 is 19.5 Å². The summed E-state index contributed by atoms with van der Waals surface area (Å²) in [4.78, 5) is 12.0. The van der Waals surface area contributed by atoms with Crippen molar-refractivity contribution in [2.45, 2.75) is 31.9 Å². The van der Waals surface area contributed by atoms with Crippen molar-refractivity contribution < 1.29 is 19.0 Å². The Labute approximate surface area is 119 Å². The molecule has 5 nitrogen and oxygen atoms in total. The highest BCUT2D eigenvalue weighted by Crippen LogP contribution is 2.30. The van der Waals surface area contributed by atoms with Gasteiger partial charge in [-0.25, -0.2) is 0 Å². The van der Waals surface area contributed by atoms with Gasteiger partial charge in [-0.2, -0.15) is 0 Å². The summed E-state index contributed by atoms with van der Waals surface area (Å²) < 4.78 is 15.8. The number of nitrogens with one attached hydrogen (secondary N) is 1.